The lowest BCUT2D eigenvalue weighted by Crippen LogP contribution is -2.39. The first kappa shape index (κ1) is 12.7. The number of nitrogens with zero attached hydrogens (tertiary/aromatic N) is 1. The summed E-state index contributed by atoms with van der Waals surface area (Å²) in [6.07, 6.45) is 1.26. The van der Waals surface area contributed by atoms with E-state index >= 15 is 0 Å². The lowest BCUT2D eigenvalue weighted by atomic mass is 9.97. The number of carbonyl (C=O) groups is 1. The standard InChI is InChI=1S/C15H19NO2/c1-4-13-14(11(2)3)16(15(17)18-13)10-12-8-6-5-7-9-12/h4-9,11,13-14H,1,10H2,2-3H3. The predicted molar refractivity (Wildman–Crippen MR) is 71.1 cm³/mol. The summed E-state index contributed by atoms with van der Waals surface area (Å²) in [6.45, 7) is 8.53. The van der Waals surface area contributed by atoms with E-state index in [1.54, 1.807) is 11.0 Å². The van der Waals surface area contributed by atoms with E-state index in [2.05, 4.69) is 20.4 Å². The summed E-state index contributed by atoms with van der Waals surface area (Å²) in [4.78, 5) is 13.7. The van der Waals surface area contributed by atoms with Gasteiger partial charge in [0.15, 0.2) is 0 Å². The second-order valence-corrected chi connectivity index (χ2v) is 4.93. The Hall–Kier alpha value is -1.77. The van der Waals surface area contributed by atoms with Crippen LogP contribution in [0.25, 0.3) is 0 Å². The zero-order valence-electron chi connectivity index (χ0n) is 10.9. The van der Waals surface area contributed by atoms with Gasteiger partial charge in [0, 0.05) is 6.54 Å². The van der Waals surface area contributed by atoms with Gasteiger partial charge >= 0.3 is 6.09 Å². The van der Waals surface area contributed by atoms with E-state index in [1.165, 1.54) is 0 Å². The molecule has 1 aromatic rings. The molecule has 2 unspecified atom stereocenters. The van der Waals surface area contributed by atoms with Crippen molar-refractivity contribution in [1.29, 1.82) is 0 Å². The predicted octanol–water partition coefficient (Wildman–Crippen LogP) is 3.22. The molecular weight excluding hydrogens is 226 g/mol. The highest BCUT2D eigenvalue weighted by atomic mass is 16.6. The minimum Gasteiger partial charge on any atom is -0.440 e. The minimum absolute atomic E-state index is 0.0650. The molecule has 0 aliphatic carbocycles. The van der Waals surface area contributed by atoms with Crippen LogP contribution in [0.2, 0.25) is 0 Å². The number of cyclic esters (lactones) is 1. The van der Waals surface area contributed by atoms with Crippen LogP contribution in [-0.4, -0.2) is 23.1 Å². The highest BCUT2D eigenvalue weighted by Crippen LogP contribution is 2.27. The SMILES string of the molecule is C=CC1OC(=O)N(Cc2ccccc2)C1C(C)C. The fraction of sp³-hybridized carbons (Fsp3) is 0.400. The van der Waals surface area contributed by atoms with Crippen molar-refractivity contribution in [3.05, 3.63) is 48.6 Å². The maximum absolute atomic E-state index is 11.9. The molecule has 1 fully saturated rings. The van der Waals surface area contributed by atoms with Gasteiger partial charge in [-0.2, -0.15) is 0 Å². The second-order valence-electron chi connectivity index (χ2n) is 4.93. The number of ether oxygens (including phenoxy) is 1. The third kappa shape index (κ3) is 2.40. The van der Waals surface area contributed by atoms with Gasteiger partial charge in [-0.3, -0.25) is 4.90 Å². The van der Waals surface area contributed by atoms with Gasteiger partial charge in [-0.1, -0.05) is 50.8 Å². The summed E-state index contributed by atoms with van der Waals surface area (Å²) in [5.41, 5.74) is 1.12. The Balaban J connectivity index is 2.19. The van der Waals surface area contributed by atoms with Crippen molar-refractivity contribution in [2.75, 3.05) is 0 Å². The molecule has 0 bridgehead atoms. The van der Waals surface area contributed by atoms with Crippen LogP contribution >= 0.6 is 0 Å². The van der Waals surface area contributed by atoms with Gasteiger partial charge in [0.25, 0.3) is 0 Å². The molecule has 2 rings (SSSR count). The highest BCUT2D eigenvalue weighted by molar-refractivity contribution is 5.71. The average Bonchev–Trinajstić information content (AvgIpc) is 2.67. The maximum atomic E-state index is 11.9. The molecular formula is C15H19NO2. The number of rotatable bonds is 4. The van der Waals surface area contributed by atoms with E-state index in [4.69, 9.17) is 4.74 Å². The lowest BCUT2D eigenvalue weighted by molar-refractivity contribution is 0.144. The number of amides is 1. The maximum Gasteiger partial charge on any atom is 0.411 e. The Kier molecular flexibility index (Phi) is 3.70. The normalized spacial score (nSPS) is 23.3. The van der Waals surface area contributed by atoms with Crippen LogP contribution in [0.4, 0.5) is 4.79 Å². The molecule has 1 aliphatic heterocycles. The first-order valence-electron chi connectivity index (χ1n) is 6.27. The second kappa shape index (κ2) is 5.25. The average molecular weight is 245 g/mol. The highest BCUT2D eigenvalue weighted by Gasteiger charge is 2.41. The monoisotopic (exact) mass is 245 g/mol. The molecule has 0 saturated carbocycles. The van der Waals surface area contributed by atoms with Crippen molar-refractivity contribution in [2.24, 2.45) is 5.92 Å². The van der Waals surface area contributed by atoms with Gasteiger partial charge in [-0.05, 0) is 17.6 Å². The molecule has 0 radical (unpaired) electrons. The number of hydrogen-bond acceptors (Lipinski definition) is 2. The molecule has 1 heterocycles. The van der Waals surface area contributed by atoms with Crippen molar-refractivity contribution in [2.45, 2.75) is 32.5 Å². The number of benzene rings is 1. The molecule has 1 aromatic carbocycles. The Labute approximate surface area is 108 Å². The van der Waals surface area contributed by atoms with E-state index in [0.29, 0.717) is 12.5 Å². The third-order valence-corrected chi connectivity index (χ3v) is 3.28. The zero-order chi connectivity index (χ0) is 13.1. The van der Waals surface area contributed by atoms with Crippen molar-refractivity contribution in [3.8, 4) is 0 Å². The van der Waals surface area contributed by atoms with Gasteiger partial charge in [0.1, 0.15) is 6.10 Å². The Bertz CT molecular complexity index is 427. The Morgan fingerprint density at radius 1 is 1.39 bits per heavy atom. The van der Waals surface area contributed by atoms with Gasteiger partial charge in [-0.25, -0.2) is 4.79 Å². The van der Waals surface area contributed by atoms with Crippen molar-refractivity contribution in [1.82, 2.24) is 4.90 Å². The third-order valence-electron chi connectivity index (χ3n) is 3.28. The van der Waals surface area contributed by atoms with Crippen molar-refractivity contribution in [3.63, 3.8) is 0 Å². The molecule has 2 atom stereocenters. The smallest absolute Gasteiger partial charge is 0.411 e. The van der Waals surface area contributed by atoms with Crippen LogP contribution in [0.5, 0.6) is 0 Å². The summed E-state index contributed by atoms with van der Waals surface area (Å²) < 4.78 is 5.34. The molecule has 0 spiro atoms. The zero-order valence-corrected chi connectivity index (χ0v) is 10.9. The largest absolute Gasteiger partial charge is 0.440 e. The summed E-state index contributed by atoms with van der Waals surface area (Å²) >= 11 is 0. The van der Waals surface area contributed by atoms with Crippen LogP contribution in [0.3, 0.4) is 0 Å². The summed E-state index contributed by atoms with van der Waals surface area (Å²) in [5.74, 6) is 0.336. The van der Waals surface area contributed by atoms with E-state index in [9.17, 15) is 4.79 Å². The number of carbonyl (C=O) groups excluding carboxylic acids is 1. The van der Waals surface area contributed by atoms with Gasteiger partial charge in [-0.15, -0.1) is 0 Å². The molecule has 0 aromatic heterocycles. The van der Waals surface area contributed by atoms with Crippen LogP contribution in [0.1, 0.15) is 19.4 Å². The number of hydrogen-bond donors (Lipinski definition) is 0. The van der Waals surface area contributed by atoms with E-state index in [0.717, 1.165) is 5.56 Å². The van der Waals surface area contributed by atoms with Crippen LogP contribution in [0, 0.1) is 5.92 Å². The quantitative estimate of drug-likeness (QED) is 0.762. The van der Waals surface area contributed by atoms with E-state index in [-0.39, 0.29) is 18.2 Å². The fourth-order valence-electron chi connectivity index (χ4n) is 2.43. The molecule has 0 N–H and O–H groups in total. The first-order chi connectivity index (χ1) is 8.63. The van der Waals surface area contributed by atoms with Crippen molar-refractivity contribution < 1.29 is 9.53 Å². The first-order valence-corrected chi connectivity index (χ1v) is 6.27. The van der Waals surface area contributed by atoms with Gasteiger partial charge in [0.2, 0.25) is 0 Å². The van der Waals surface area contributed by atoms with Crippen LogP contribution in [-0.2, 0) is 11.3 Å². The molecule has 18 heavy (non-hydrogen) atoms. The molecule has 1 saturated heterocycles. The molecule has 1 amide bonds. The molecule has 1 aliphatic rings. The van der Waals surface area contributed by atoms with Gasteiger partial charge < -0.3 is 4.74 Å². The topological polar surface area (TPSA) is 29.5 Å². The summed E-state index contributed by atoms with van der Waals surface area (Å²) in [6, 6.07) is 10.0. The van der Waals surface area contributed by atoms with Crippen LogP contribution < -0.4 is 0 Å². The Morgan fingerprint density at radius 3 is 2.61 bits per heavy atom. The van der Waals surface area contributed by atoms with E-state index < -0.39 is 0 Å². The molecule has 3 heteroatoms. The Morgan fingerprint density at radius 2 is 2.06 bits per heavy atom. The minimum atomic E-state index is -0.248. The summed E-state index contributed by atoms with van der Waals surface area (Å²) in [7, 11) is 0. The van der Waals surface area contributed by atoms with Crippen LogP contribution in [0.15, 0.2) is 43.0 Å². The van der Waals surface area contributed by atoms with Crippen molar-refractivity contribution >= 4 is 6.09 Å². The molecule has 96 valence electrons. The molecule has 3 nitrogen and oxygen atoms in total. The summed E-state index contributed by atoms with van der Waals surface area (Å²) in [5, 5.41) is 0. The fourth-order valence-corrected chi connectivity index (χ4v) is 2.43. The van der Waals surface area contributed by atoms with E-state index in [1.807, 2.05) is 30.3 Å². The lowest BCUT2D eigenvalue weighted by Gasteiger charge is -2.26. The van der Waals surface area contributed by atoms with Gasteiger partial charge in [0.05, 0.1) is 6.04 Å².